The molecule has 3 N–H and O–H groups in total. The number of aromatic nitrogens is 2. The summed E-state index contributed by atoms with van der Waals surface area (Å²) < 4.78 is 63.2. The normalized spacial score (nSPS) is 12.3. The summed E-state index contributed by atoms with van der Waals surface area (Å²) in [4.78, 5) is 3.11. The number of benzene rings is 1. The zero-order valence-corrected chi connectivity index (χ0v) is 12.3. The fourth-order valence-corrected chi connectivity index (χ4v) is 3.11. The van der Waals surface area contributed by atoms with E-state index in [-0.39, 0.29) is 10.7 Å². The number of primary sulfonamides is 1. The average molecular weight is 334 g/mol. The Morgan fingerprint density at radius 1 is 1.24 bits per heavy atom. The van der Waals surface area contributed by atoms with Crippen molar-refractivity contribution in [2.75, 3.05) is 4.72 Å². The predicted molar refractivity (Wildman–Crippen MR) is 71.8 cm³/mol. The van der Waals surface area contributed by atoms with Crippen LogP contribution in [0.2, 0.25) is 0 Å². The van der Waals surface area contributed by atoms with E-state index in [1.165, 1.54) is 17.1 Å². The number of anilines is 1. The monoisotopic (exact) mass is 334 g/mol. The molecule has 11 heteroatoms. The number of imidazole rings is 1. The van der Waals surface area contributed by atoms with Gasteiger partial charge >= 0.3 is 0 Å². The van der Waals surface area contributed by atoms with Crippen molar-refractivity contribution < 1.29 is 21.2 Å². The Hall–Kier alpha value is -1.98. The molecule has 2 aromatic rings. The van der Waals surface area contributed by atoms with Gasteiger partial charge in [0.1, 0.15) is 5.82 Å². The standard InChI is InChI=1S/C10H11FN4O4S2/c1-15-5-10(13-6-15)21(18,19)14-8-2-7(11)3-9(4-8)20(12,16)17/h2-6,14H,1H3,(H2,12,16,17). The van der Waals surface area contributed by atoms with Gasteiger partial charge in [-0.25, -0.2) is 22.9 Å². The van der Waals surface area contributed by atoms with Gasteiger partial charge in [0.2, 0.25) is 10.0 Å². The highest BCUT2D eigenvalue weighted by atomic mass is 32.2. The summed E-state index contributed by atoms with van der Waals surface area (Å²) in [5, 5.41) is 4.60. The quantitative estimate of drug-likeness (QED) is 0.815. The van der Waals surface area contributed by atoms with Crippen LogP contribution in [0.25, 0.3) is 0 Å². The van der Waals surface area contributed by atoms with Gasteiger partial charge in [-0.15, -0.1) is 0 Å². The summed E-state index contributed by atoms with van der Waals surface area (Å²) in [6, 6.07) is 2.43. The molecule has 0 atom stereocenters. The van der Waals surface area contributed by atoms with Gasteiger partial charge in [0.15, 0.2) is 5.03 Å². The maximum absolute atomic E-state index is 13.4. The molecule has 1 aromatic carbocycles. The molecule has 0 saturated heterocycles. The molecule has 8 nitrogen and oxygen atoms in total. The molecule has 0 bridgehead atoms. The maximum Gasteiger partial charge on any atom is 0.280 e. The summed E-state index contributed by atoms with van der Waals surface area (Å²) in [7, 11) is -6.64. The van der Waals surface area contributed by atoms with E-state index in [0.29, 0.717) is 6.07 Å². The summed E-state index contributed by atoms with van der Waals surface area (Å²) in [6.45, 7) is 0. The van der Waals surface area contributed by atoms with E-state index in [0.717, 1.165) is 12.1 Å². The van der Waals surface area contributed by atoms with Gasteiger partial charge in [0, 0.05) is 13.2 Å². The summed E-state index contributed by atoms with van der Waals surface area (Å²) in [6.07, 6.45) is 2.51. The Balaban J connectivity index is 2.42. The molecule has 0 aliphatic carbocycles. The van der Waals surface area contributed by atoms with Gasteiger partial charge in [0.05, 0.1) is 16.9 Å². The summed E-state index contributed by atoms with van der Waals surface area (Å²) in [5.41, 5.74) is -0.273. The number of nitrogens with two attached hydrogens (primary N) is 1. The first-order valence-electron chi connectivity index (χ1n) is 5.42. The van der Waals surface area contributed by atoms with Gasteiger partial charge in [0.25, 0.3) is 10.0 Å². The number of halogens is 1. The van der Waals surface area contributed by atoms with Gasteiger partial charge in [-0.3, -0.25) is 4.72 Å². The van der Waals surface area contributed by atoms with Crippen molar-refractivity contribution in [3.63, 3.8) is 0 Å². The SMILES string of the molecule is Cn1cnc(S(=O)(=O)Nc2cc(F)cc(S(N)(=O)=O)c2)c1. The van der Waals surface area contributed by atoms with E-state index in [1.807, 2.05) is 4.72 Å². The number of sulfonamides is 2. The molecule has 0 aliphatic rings. The van der Waals surface area contributed by atoms with E-state index in [1.54, 1.807) is 7.05 Å². The van der Waals surface area contributed by atoms with Crippen molar-refractivity contribution in [3.8, 4) is 0 Å². The Morgan fingerprint density at radius 2 is 1.90 bits per heavy atom. The molecule has 0 radical (unpaired) electrons. The lowest BCUT2D eigenvalue weighted by Crippen LogP contribution is -2.16. The van der Waals surface area contributed by atoms with Gasteiger partial charge in [-0.1, -0.05) is 0 Å². The predicted octanol–water partition coefficient (Wildman–Crippen LogP) is 0.00740. The highest BCUT2D eigenvalue weighted by molar-refractivity contribution is 7.92. The van der Waals surface area contributed by atoms with Crippen LogP contribution in [0.4, 0.5) is 10.1 Å². The number of hydrogen-bond donors (Lipinski definition) is 2. The molecule has 114 valence electrons. The molecule has 0 amide bonds. The molecule has 21 heavy (non-hydrogen) atoms. The van der Waals surface area contributed by atoms with E-state index < -0.39 is 30.8 Å². The van der Waals surface area contributed by atoms with Crippen molar-refractivity contribution in [1.29, 1.82) is 0 Å². The summed E-state index contributed by atoms with van der Waals surface area (Å²) >= 11 is 0. The highest BCUT2D eigenvalue weighted by Crippen LogP contribution is 2.20. The first-order chi connectivity index (χ1) is 9.58. The van der Waals surface area contributed by atoms with Crippen LogP contribution in [-0.4, -0.2) is 26.4 Å². The van der Waals surface area contributed by atoms with Crippen molar-refractivity contribution in [1.82, 2.24) is 9.55 Å². The number of nitrogens with zero attached hydrogens (tertiary/aromatic N) is 2. The lowest BCUT2D eigenvalue weighted by atomic mass is 10.3. The van der Waals surface area contributed by atoms with Crippen LogP contribution in [-0.2, 0) is 27.1 Å². The number of rotatable bonds is 4. The van der Waals surface area contributed by atoms with Crippen molar-refractivity contribution in [2.45, 2.75) is 9.92 Å². The molecule has 1 heterocycles. The molecular weight excluding hydrogens is 323 g/mol. The Bertz CT molecular complexity index is 890. The number of hydrogen-bond acceptors (Lipinski definition) is 5. The lowest BCUT2D eigenvalue weighted by Gasteiger charge is -2.07. The number of nitrogens with one attached hydrogen (secondary N) is 1. The van der Waals surface area contributed by atoms with Crippen LogP contribution in [0.1, 0.15) is 0 Å². The van der Waals surface area contributed by atoms with Crippen molar-refractivity contribution in [2.24, 2.45) is 12.2 Å². The van der Waals surface area contributed by atoms with E-state index in [9.17, 15) is 21.2 Å². The van der Waals surface area contributed by atoms with E-state index >= 15 is 0 Å². The van der Waals surface area contributed by atoms with Crippen LogP contribution in [0.15, 0.2) is 40.6 Å². The van der Waals surface area contributed by atoms with Gasteiger partial charge < -0.3 is 4.57 Å². The molecular formula is C10H11FN4O4S2. The largest absolute Gasteiger partial charge is 0.339 e. The minimum absolute atomic E-state index is 0.273. The molecule has 0 spiro atoms. The van der Waals surface area contributed by atoms with Crippen LogP contribution in [0, 0.1) is 5.82 Å². The number of aryl methyl sites for hydroxylation is 1. The Kier molecular flexibility index (Phi) is 3.74. The molecule has 1 aromatic heterocycles. The first-order valence-corrected chi connectivity index (χ1v) is 8.45. The van der Waals surface area contributed by atoms with Crippen LogP contribution >= 0.6 is 0 Å². The van der Waals surface area contributed by atoms with Crippen LogP contribution in [0.3, 0.4) is 0 Å². The third-order valence-corrected chi connectivity index (χ3v) is 4.57. The lowest BCUT2D eigenvalue weighted by molar-refractivity contribution is 0.591. The maximum atomic E-state index is 13.4. The van der Waals surface area contributed by atoms with Gasteiger partial charge in [-0.2, -0.15) is 8.42 Å². The molecule has 2 rings (SSSR count). The van der Waals surface area contributed by atoms with Gasteiger partial charge in [-0.05, 0) is 18.2 Å². The van der Waals surface area contributed by atoms with Crippen molar-refractivity contribution in [3.05, 3.63) is 36.5 Å². The molecule has 0 aliphatic heterocycles. The molecule has 0 unspecified atom stereocenters. The second-order valence-corrected chi connectivity index (χ2v) is 7.39. The third-order valence-electron chi connectivity index (χ3n) is 2.41. The topological polar surface area (TPSA) is 124 Å². The molecule has 0 saturated carbocycles. The minimum atomic E-state index is -4.16. The average Bonchev–Trinajstić information content (AvgIpc) is 2.74. The zero-order chi connectivity index (χ0) is 15.8. The third kappa shape index (κ3) is 3.56. The van der Waals surface area contributed by atoms with Crippen LogP contribution in [0.5, 0.6) is 0 Å². The smallest absolute Gasteiger partial charge is 0.280 e. The van der Waals surface area contributed by atoms with E-state index in [4.69, 9.17) is 5.14 Å². The second kappa shape index (κ2) is 5.09. The van der Waals surface area contributed by atoms with Crippen molar-refractivity contribution >= 4 is 25.7 Å². The highest BCUT2D eigenvalue weighted by Gasteiger charge is 2.19. The fraction of sp³-hybridized carbons (Fsp3) is 0.100. The van der Waals surface area contributed by atoms with Crippen LogP contribution < -0.4 is 9.86 Å². The Labute approximate surface area is 120 Å². The Morgan fingerprint density at radius 3 is 2.43 bits per heavy atom. The fourth-order valence-electron chi connectivity index (χ4n) is 1.52. The second-order valence-electron chi connectivity index (χ2n) is 4.20. The van der Waals surface area contributed by atoms with E-state index in [2.05, 4.69) is 4.98 Å². The molecule has 0 fully saturated rings. The minimum Gasteiger partial charge on any atom is -0.339 e. The first kappa shape index (κ1) is 15.4. The zero-order valence-electron chi connectivity index (χ0n) is 10.7. The summed E-state index contributed by atoms with van der Waals surface area (Å²) in [5.74, 6) is -0.944.